The van der Waals surface area contributed by atoms with Crippen molar-refractivity contribution in [3.63, 3.8) is 0 Å². The largest absolute Gasteiger partial charge is 0.378 e. The number of nitriles is 2. The first-order valence-electron chi connectivity index (χ1n) is 12.3. The summed E-state index contributed by atoms with van der Waals surface area (Å²) in [5, 5.41) is 30.8. The third kappa shape index (κ3) is 6.94. The van der Waals surface area contributed by atoms with Crippen LogP contribution in [0.15, 0.2) is 56.0 Å². The summed E-state index contributed by atoms with van der Waals surface area (Å²) in [7, 11) is 0. The van der Waals surface area contributed by atoms with E-state index < -0.39 is 11.8 Å². The van der Waals surface area contributed by atoms with Gasteiger partial charge in [0, 0.05) is 37.6 Å². The summed E-state index contributed by atoms with van der Waals surface area (Å²) in [6.07, 6.45) is 6.12. The van der Waals surface area contributed by atoms with E-state index in [4.69, 9.17) is 9.47 Å². The number of morpholine rings is 2. The summed E-state index contributed by atoms with van der Waals surface area (Å²) in [6, 6.07) is 3.97. The minimum absolute atomic E-state index is 0.136. The van der Waals surface area contributed by atoms with Crippen LogP contribution in [0.3, 0.4) is 0 Å². The number of hydrazone groups is 2. The molecule has 0 aromatic carbocycles. The van der Waals surface area contributed by atoms with Crippen molar-refractivity contribution in [1.82, 2.24) is 19.8 Å². The smallest absolute Gasteiger partial charge is 0.289 e. The summed E-state index contributed by atoms with van der Waals surface area (Å²) in [6.45, 7) is 11.1. The van der Waals surface area contributed by atoms with Crippen molar-refractivity contribution in [3.05, 3.63) is 45.8 Å². The molecule has 2 saturated heterocycles. The average molecular weight is 521 g/mol. The fourth-order valence-electron chi connectivity index (χ4n) is 3.96. The van der Waals surface area contributed by atoms with Crippen LogP contribution in [0.2, 0.25) is 0 Å². The van der Waals surface area contributed by atoms with Crippen LogP contribution in [0, 0.1) is 22.7 Å². The Morgan fingerprint density at radius 3 is 1.37 bits per heavy atom. The van der Waals surface area contributed by atoms with Gasteiger partial charge in [-0.25, -0.2) is 0 Å². The van der Waals surface area contributed by atoms with E-state index in [2.05, 4.69) is 10.2 Å². The van der Waals surface area contributed by atoms with Crippen LogP contribution in [0.4, 0.5) is 0 Å². The van der Waals surface area contributed by atoms with Crippen LogP contribution in [0.25, 0.3) is 0 Å². The van der Waals surface area contributed by atoms with E-state index in [1.807, 2.05) is 21.9 Å². The molecular formula is C26H32N8O4. The van der Waals surface area contributed by atoms with E-state index in [0.29, 0.717) is 75.1 Å². The molecule has 0 saturated carbocycles. The minimum atomic E-state index is -0.631. The Morgan fingerprint density at radius 2 is 1.05 bits per heavy atom. The number of carbonyl (C=O) groups excluding carboxylic acids is 2. The molecule has 0 bridgehead atoms. The van der Waals surface area contributed by atoms with Crippen molar-refractivity contribution >= 4 is 24.5 Å². The number of hydrogen-bond acceptors (Lipinski definition) is 8. The fraction of sp³-hybridized carbons (Fsp3) is 0.462. The Labute approximate surface area is 222 Å². The number of amides is 2. The Balaban J connectivity index is 2.11. The maximum atomic E-state index is 13.5. The molecule has 0 unspecified atom stereocenters. The highest BCUT2D eigenvalue weighted by Crippen LogP contribution is 2.22. The summed E-state index contributed by atoms with van der Waals surface area (Å²) in [5.41, 5.74) is 1.06. The molecule has 2 amide bonds. The Kier molecular flexibility index (Phi) is 9.93. The number of allylic oxidation sites excluding steroid dienone is 6. The Morgan fingerprint density at radius 1 is 0.711 bits per heavy atom. The molecule has 0 aliphatic carbocycles. The molecular weight excluding hydrogens is 488 g/mol. The summed E-state index contributed by atoms with van der Waals surface area (Å²) in [5.74, 6) is -1.26. The number of carbonyl (C=O) groups is 2. The Bertz CT molecular complexity index is 1110. The van der Waals surface area contributed by atoms with Gasteiger partial charge in [0.15, 0.2) is 0 Å². The molecule has 3 heterocycles. The lowest BCUT2D eigenvalue weighted by Gasteiger charge is -2.26. The average Bonchev–Trinajstić information content (AvgIpc) is 2.90. The first kappa shape index (κ1) is 28.3. The second kappa shape index (κ2) is 13.3. The molecule has 2 fully saturated rings. The normalized spacial score (nSPS) is 27.4. The van der Waals surface area contributed by atoms with Gasteiger partial charge in [-0.1, -0.05) is 0 Å². The van der Waals surface area contributed by atoms with Gasteiger partial charge in [0.25, 0.3) is 11.8 Å². The van der Waals surface area contributed by atoms with Gasteiger partial charge < -0.3 is 19.3 Å². The topological polar surface area (TPSA) is 138 Å². The molecule has 0 atom stereocenters. The molecule has 3 aliphatic rings. The van der Waals surface area contributed by atoms with Crippen LogP contribution in [0.1, 0.15) is 27.7 Å². The highest BCUT2D eigenvalue weighted by atomic mass is 16.5. The monoisotopic (exact) mass is 520 g/mol. The van der Waals surface area contributed by atoms with Gasteiger partial charge in [-0.15, -0.1) is 0 Å². The van der Waals surface area contributed by atoms with Crippen LogP contribution < -0.4 is 0 Å². The molecule has 12 heteroatoms. The lowest BCUT2D eigenvalue weighted by atomic mass is 10.1. The lowest BCUT2D eigenvalue weighted by Crippen LogP contribution is -2.37. The van der Waals surface area contributed by atoms with Crippen molar-refractivity contribution in [1.29, 1.82) is 10.5 Å². The van der Waals surface area contributed by atoms with Gasteiger partial charge in [0.2, 0.25) is 0 Å². The zero-order valence-electron chi connectivity index (χ0n) is 22.2. The first-order chi connectivity index (χ1) is 18.3. The van der Waals surface area contributed by atoms with Gasteiger partial charge in [0.1, 0.15) is 36.0 Å². The molecule has 0 spiro atoms. The zero-order chi connectivity index (χ0) is 27.7. The molecule has 0 aromatic heterocycles. The maximum absolute atomic E-state index is 13.5. The van der Waals surface area contributed by atoms with Gasteiger partial charge in [-0.2, -0.15) is 30.7 Å². The number of nitrogens with zero attached hydrogens (tertiary/aromatic N) is 8. The molecule has 12 nitrogen and oxygen atoms in total. The quantitative estimate of drug-likeness (QED) is 0.403. The zero-order valence-corrected chi connectivity index (χ0v) is 22.2. The molecule has 0 aromatic rings. The predicted molar refractivity (Wildman–Crippen MR) is 140 cm³/mol. The van der Waals surface area contributed by atoms with Crippen molar-refractivity contribution in [2.75, 3.05) is 52.6 Å². The number of ether oxygens (including phenoxy) is 2. The van der Waals surface area contributed by atoms with E-state index in [0.717, 1.165) is 10.0 Å². The van der Waals surface area contributed by atoms with Gasteiger partial charge >= 0.3 is 0 Å². The number of rotatable bonds is 4. The maximum Gasteiger partial charge on any atom is 0.289 e. The molecule has 0 radical (unpaired) electrons. The molecule has 3 aliphatic heterocycles. The van der Waals surface area contributed by atoms with E-state index in [1.54, 1.807) is 27.7 Å². The molecule has 3 rings (SSSR count). The van der Waals surface area contributed by atoms with Gasteiger partial charge in [-0.05, 0) is 51.0 Å². The lowest BCUT2D eigenvalue weighted by molar-refractivity contribution is -0.125. The van der Waals surface area contributed by atoms with Crippen LogP contribution in [-0.4, -0.2) is 96.9 Å². The standard InChI is InChI=1S/C26H32N8O4/c1-19-13-21(3)33(29-17-31-5-9-37-10-6-31)26(36)24(16-28)20(2)14-22(4)34(25(35)23(19)15-27)30-18-32-7-11-38-12-8-32/h13-14,17-18H,5-12H2,1-4H3/b21-13-,22-14+,23-19+,24-20-,29-17+,30-18+. The summed E-state index contributed by atoms with van der Waals surface area (Å²) in [4.78, 5) is 30.9. The van der Waals surface area contributed by atoms with E-state index in [1.165, 1.54) is 24.8 Å². The third-order valence-corrected chi connectivity index (χ3v) is 6.10. The van der Waals surface area contributed by atoms with Crippen LogP contribution in [0.5, 0.6) is 0 Å². The van der Waals surface area contributed by atoms with Crippen molar-refractivity contribution in [3.8, 4) is 12.1 Å². The van der Waals surface area contributed by atoms with E-state index in [9.17, 15) is 20.1 Å². The summed E-state index contributed by atoms with van der Waals surface area (Å²) < 4.78 is 10.7. The SMILES string of the molecule is C/C1=C/C(C)=C(\C#N)C(=O)N(/N=C/N2CCOCC2)/C(C)=C/C(C)=C(/C#N)C(=O)N1/N=C/N1CCOCC1. The highest BCUT2D eigenvalue weighted by molar-refractivity contribution is 6.01. The summed E-state index contributed by atoms with van der Waals surface area (Å²) >= 11 is 0. The van der Waals surface area contributed by atoms with Crippen LogP contribution in [-0.2, 0) is 19.1 Å². The third-order valence-electron chi connectivity index (χ3n) is 6.10. The highest BCUT2D eigenvalue weighted by Gasteiger charge is 2.26. The van der Waals surface area contributed by atoms with Gasteiger partial charge in [0.05, 0.1) is 26.4 Å². The molecule has 200 valence electrons. The van der Waals surface area contributed by atoms with Gasteiger partial charge in [-0.3, -0.25) is 9.59 Å². The number of hydrogen-bond donors (Lipinski definition) is 0. The fourth-order valence-corrected chi connectivity index (χ4v) is 3.96. The molecule has 38 heavy (non-hydrogen) atoms. The second-order valence-electron chi connectivity index (χ2n) is 8.90. The van der Waals surface area contributed by atoms with Crippen molar-refractivity contribution in [2.24, 2.45) is 10.2 Å². The second-order valence-corrected chi connectivity index (χ2v) is 8.90. The van der Waals surface area contributed by atoms with E-state index in [-0.39, 0.29) is 11.1 Å². The van der Waals surface area contributed by atoms with Crippen LogP contribution >= 0.6 is 0 Å². The predicted octanol–water partition coefficient (Wildman–Crippen LogP) is 1.70. The van der Waals surface area contributed by atoms with Crippen molar-refractivity contribution < 1.29 is 19.1 Å². The van der Waals surface area contributed by atoms with E-state index >= 15 is 0 Å². The Hall–Kier alpha value is -4.26. The first-order valence-corrected chi connectivity index (χ1v) is 12.3. The minimum Gasteiger partial charge on any atom is -0.378 e. The van der Waals surface area contributed by atoms with Crippen molar-refractivity contribution in [2.45, 2.75) is 27.7 Å². The molecule has 0 N–H and O–H groups in total.